The minimum absolute atomic E-state index is 0.00978. The van der Waals surface area contributed by atoms with Crippen LogP contribution >= 0.6 is 0 Å². The first kappa shape index (κ1) is 11.2. The van der Waals surface area contributed by atoms with E-state index in [4.69, 9.17) is 0 Å². The van der Waals surface area contributed by atoms with E-state index in [0.29, 0.717) is 13.0 Å². The highest BCUT2D eigenvalue weighted by Crippen LogP contribution is 2.24. The fourth-order valence-electron chi connectivity index (χ4n) is 2.44. The van der Waals surface area contributed by atoms with Gasteiger partial charge in [0.2, 0.25) is 11.8 Å². The summed E-state index contributed by atoms with van der Waals surface area (Å²) in [6.07, 6.45) is 5.13. The maximum atomic E-state index is 11.8. The molecule has 0 saturated carbocycles. The van der Waals surface area contributed by atoms with Gasteiger partial charge >= 0.3 is 0 Å². The smallest absolute Gasteiger partial charge is 0.242 e. The van der Waals surface area contributed by atoms with Crippen LogP contribution in [0.2, 0.25) is 0 Å². The average molecular weight is 222 g/mol. The molecule has 88 valence electrons. The minimum Gasteiger partial charge on any atom is -0.354 e. The average Bonchev–Trinajstić information content (AvgIpc) is 2.51. The van der Waals surface area contributed by atoms with Crippen molar-refractivity contribution in [3.8, 4) is 0 Å². The molecule has 2 aliphatic rings. The van der Waals surface area contributed by atoms with Gasteiger partial charge in [0.1, 0.15) is 6.04 Å². The largest absolute Gasteiger partial charge is 0.354 e. The molecule has 0 bridgehead atoms. The number of carbonyl (C=O) groups is 2. The lowest BCUT2D eigenvalue weighted by atomic mass is 10.1. The Hall–Kier alpha value is -1.32. The molecule has 16 heavy (non-hydrogen) atoms. The predicted octanol–water partition coefficient (Wildman–Crippen LogP) is 0.690. The molecule has 4 heteroatoms. The summed E-state index contributed by atoms with van der Waals surface area (Å²) < 4.78 is 0. The molecule has 2 amide bonds. The molecule has 2 heterocycles. The standard InChI is InChI=1S/C12H18N2O2/c1-2-9-7-11(15)14(8-9)10-5-3-4-6-13-12(10)16/h2,9-10H,1,3-8H2,(H,13,16). The first-order chi connectivity index (χ1) is 7.72. The second-order valence-corrected chi connectivity index (χ2v) is 4.55. The Bertz CT molecular complexity index is 314. The number of nitrogens with zero attached hydrogens (tertiary/aromatic N) is 1. The van der Waals surface area contributed by atoms with Gasteiger partial charge in [-0.3, -0.25) is 9.59 Å². The molecule has 2 unspecified atom stereocenters. The predicted molar refractivity (Wildman–Crippen MR) is 60.7 cm³/mol. The minimum atomic E-state index is -0.250. The summed E-state index contributed by atoms with van der Waals surface area (Å²) in [7, 11) is 0. The van der Waals surface area contributed by atoms with Crippen LogP contribution in [0, 0.1) is 5.92 Å². The molecule has 2 fully saturated rings. The molecule has 0 aromatic carbocycles. The highest BCUT2D eigenvalue weighted by molar-refractivity contribution is 5.89. The first-order valence-electron chi connectivity index (χ1n) is 5.92. The molecule has 2 aliphatic heterocycles. The quantitative estimate of drug-likeness (QED) is 0.699. The summed E-state index contributed by atoms with van der Waals surface area (Å²) in [5, 5.41) is 2.87. The summed E-state index contributed by atoms with van der Waals surface area (Å²) in [4.78, 5) is 25.3. The van der Waals surface area contributed by atoms with E-state index in [2.05, 4.69) is 11.9 Å². The van der Waals surface area contributed by atoms with E-state index in [-0.39, 0.29) is 23.8 Å². The van der Waals surface area contributed by atoms with Gasteiger partial charge in [0.25, 0.3) is 0 Å². The third-order valence-electron chi connectivity index (χ3n) is 3.40. The SMILES string of the molecule is C=CC1CC(=O)N(C2CCCCNC2=O)C1. The summed E-state index contributed by atoms with van der Waals surface area (Å²) in [5.74, 6) is 0.311. The lowest BCUT2D eigenvalue weighted by Crippen LogP contribution is -2.46. The van der Waals surface area contributed by atoms with Gasteiger partial charge in [0, 0.05) is 25.4 Å². The highest BCUT2D eigenvalue weighted by atomic mass is 16.2. The van der Waals surface area contributed by atoms with Crippen molar-refractivity contribution < 1.29 is 9.59 Å². The number of likely N-dealkylation sites (tertiary alicyclic amines) is 1. The highest BCUT2D eigenvalue weighted by Gasteiger charge is 2.36. The van der Waals surface area contributed by atoms with Gasteiger partial charge in [-0.25, -0.2) is 0 Å². The van der Waals surface area contributed by atoms with Crippen molar-refractivity contribution in [3.63, 3.8) is 0 Å². The van der Waals surface area contributed by atoms with Crippen LogP contribution in [0.1, 0.15) is 25.7 Å². The van der Waals surface area contributed by atoms with Crippen molar-refractivity contribution in [1.29, 1.82) is 0 Å². The fraction of sp³-hybridized carbons (Fsp3) is 0.667. The third-order valence-corrected chi connectivity index (χ3v) is 3.40. The van der Waals surface area contributed by atoms with Crippen molar-refractivity contribution in [3.05, 3.63) is 12.7 Å². The molecule has 2 rings (SSSR count). The van der Waals surface area contributed by atoms with Crippen molar-refractivity contribution in [1.82, 2.24) is 10.2 Å². The Morgan fingerprint density at radius 3 is 2.88 bits per heavy atom. The lowest BCUT2D eigenvalue weighted by Gasteiger charge is -2.25. The molecule has 1 N–H and O–H groups in total. The Morgan fingerprint density at radius 1 is 1.38 bits per heavy atom. The Kier molecular flexibility index (Phi) is 3.27. The van der Waals surface area contributed by atoms with Gasteiger partial charge in [0.05, 0.1) is 0 Å². The van der Waals surface area contributed by atoms with Crippen LogP contribution in [0.15, 0.2) is 12.7 Å². The first-order valence-corrected chi connectivity index (χ1v) is 5.92. The molecule has 0 aromatic rings. The Balaban J connectivity index is 2.07. The van der Waals surface area contributed by atoms with E-state index >= 15 is 0 Å². The van der Waals surface area contributed by atoms with E-state index in [0.717, 1.165) is 25.8 Å². The van der Waals surface area contributed by atoms with Crippen LogP contribution in [0.4, 0.5) is 0 Å². The second kappa shape index (κ2) is 4.68. The topological polar surface area (TPSA) is 49.4 Å². The summed E-state index contributed by atoms with van der Waals surface area (Å²) in [6, 6.07) is -0.250. The maximum Gasteiger partial charge on any atom is 0.242 e. The molecule has 0 radical (unpaired) electrons. The molecule has 2 saturated heterocycles. The number of nitrogens with one attached hydrogen (secondary N) is 1. The molecular weight excluding hydrogens is 204 g/mol. The van der Waals surface area contributed by atoms with Crippen LogP contribution in [-0.4, -0.2) is 35.8 Å². The Labute approximate surface area is 95.7 Å². The number of carbonyl (C=O) groups excluding carboxylic acids is 2. The number of hydrogen-bond acceptors (Lipinski definition) is 2. The maximum absolute atomic E-state index is 11.8. The van der Waals surface area contributed by atoms with Crippen LogP contribution in [0.5, 0.6) is 0 Å². The summed E-state index contributed by atoms with van der Waals surface area (Å²) in [6.45, 7) is 5.11. The number of amides is 2. The Morgan fingerprint density at radius 2 is 2.19 bits per heavy atom. The fourth-order valence-corrected chi connectivity index (χ4v) is 2.44. The van der Waals surface area contributed by atoms with Gasteiger partial charge in [-0.15, -0.1) is 6.58 Å². The van der Waals surface area contributed by atoms with Gasteiger partial charge < -0.3 is 10.2 Å². The lowest BCUT2D eigenvalue weighted by molar-refractivity contribution is -0.137. The van der Waals surface area contributed by atoms with Crippen molar-refractivity contribution in [2.45, 2.75) is 31.7 Å². The number of hydrogen-bond donors (Lipinski definition) is 1. The summed E-state index contributed by atoms with van der Waals surface area (Å²) in [5.41, 5.74) is 0. The summed E-state index contributed by atoms with van der Waals surface area (Å²) >= 11 is 0. The molecule has 2 atom stereocenters. The molecular formula is C12H18N2O2. The normalized spacial score (nSPS) is 31.1. The van der Waals surface area contributed by atoms with Crippen molar-refractivity contribution >= 4 is 11.8 Å². The molecule has 4 nitrogen and oxygen atoms in total. The van der Waals surface area contributed by atoms with E-state index in [9.17, 15) is 9.59 Å². The molecule has 0 aromatic heterocycles. The third kappa shape index (κ3) is 2.10. The second-order valence-electron chi connectivity index (χ2n) is 4.55. The van der Waals surface area contributed by atoms with Crippen LogP contribution in [0.25, 0.3) is 0 Å². The van der Waals surface area contributed by atoms with Gasteiger partial charge in [-0.2, -0.15) is 0 Å². The van der Waals surface area contributed by atoms with Gasteiger partial charge in [-0.05, 0) is 19.3 Å². The number of rotatable bonds is 2. The van der Waals surface area contributed by atoms with E-state index < -0.39 is 0 Å². The van der Waals surface area contributed by atoms with Crippen molar-refractivity contribution in [2.24, 2.45) is 5.92 Å². The zero-order valence-corrected chi connectivity index (χ0v) is 9.45. The van der Waals surface area contributed by atoms with E-state index in [1.165, 1.54) is 0 Å². The van der Waals surface area contributed by atoms with E-state index in [1.807, 2.05) is 6.08 Å². The van der Waals surface area contributed by atoms with Crippen LogP contribution in [0.3, 0.4) is 0 Å². The molecule has 0 aliphatic carbocycles. The van der Waals surface area contributed by atoms with Crippen molar-refractivity contribution in [2.75, 3.05) is 13.1 Å². The van der Waals surface area contributed by atoms with Crippen LogP contribution < -0.4 is 5.32 Å². The zero-order chi connectivity index (χ0) is 11.5. The van der Waals surface area contributed by atoms with Gasteiger partial charge in [-0.1, -0.05) is 6.08 Å². The van der Waals surface area contributed by atoms with E-state index in [1.54, 1.807) is 4.90 Å². The zero-order valence-electron chi connectivity index (χ0n) is 9.45. The van der Waals surface area contributed by atoms with Gasteiger partial charge in [0.15, 0.2) is 0 Å². The monoisotopic (exact) mass is 222 g/mol. The van der Waals surface area contributed by atoms with Crippen LogP contribution in [-0.2, 0) is 9.59 Å². The molecule has 0 spiro atoms.